The number of likely N-dealkylation sites (N-methyl/N-ethyl adjacent to an activating group) is 1. The first-order chi connectivity index (χ1) is 10.1. The molecule has 0 heterocycles. The average Bonchev–Trinajstić information content (AvgIpc) is 2.49. The van der Waals surface area contributed by atoms with Gasteiger partial charge in [-0.3, -0.25) is 4.79 Å². The van der Waals surface area contributed by atoms with Gasteiger partial charge < -0.3 is 10.6 Å². The predicted molar refractivity (Wildman–Crippen MR) is 88.2 cm³/mol. The fraction of sp³-hybridized carbons (Fsp3) is 0.235. The highest BCUT2D eigenvalue weighted by Crippen LogP contribution is 2.21. The quantitative estimate of drug-likeness (QED) is 0.885. The van der Waals surface area contributed by atoms with E-state index in [2.05, 4.69) is 10.6 Å². The van der Waals surface area contributed by atoms with Crippen molar-refractivity contribution in [2.24, 2.45) is 0 Å². The fourth-order valence-electron chi connectivity index (χ4n) is 2.09. The van der Waals surface area contributed by atoms with Crippen molar-refractivity contribution in [3.8, 4) is 0 Å². The summed E-state index contributed by atoms with van der Waals surface area (Å²) in [6, 6.07) is 13.2. The molecule has 0 aliphatic carbocycles. The molecule has 3 nitrogen and oxygen atoms in total. The number of hydrogen-bond donors (Lipinski definition) is 2. The molecule has 0 radical (unpaired) electrons. The molecule has 110 valence electrons. The average molecular weight is 303 g/mol. The Kier molecular flexibility index (Phi) is 5.37. The summed E-state index contributed by atoms with van der Waals surface area (Å²) in [5.41, 5.74) is 3.43. The lowest BCUT2D eigenvalue weighted by atomic mass is 10.0. The van der Waals surface area contributed by atoms with Crippen LogP contribution in [-0.4, -0.2) is 19.5 Å². The van der Waals surface area contributed by atoms with Crippen LogP contribution in [-0.2, 0) is 6.42 Å². The minimum absolute atomic E-state index is 0.110. The van der Waals surface area contributed by atoms with Crippen molar-refractivity contribution in [1.82, 2.24) is 5.32 Å². The molecule has 0 spiro atoms. The van der Waals surface area contributed by atoms with Crippen LogP contribution in [0.4, 0.5) is 5.69 Å². The molecule has 2 aromatic rings. The highest BCUT2D eigenvalue weighted by molar-refractivity contribution is 6.31. The summed E-state index contributed by atoms with van der Waals surface area (Å²) in [4.78, 5) is 12.4. The first-order valence-electron chi connectivity index (χ1n) is 6.92. The molecule has 2 aromatic carbocycles. The second-order valence-electron chi connectivity index (χ2n) is 4.93. The van der Waals surface area contributed by atoms with Crippen LogP contribution >= 0.6 is 11.6 Å². The van der Waals surface area contributed by atoms with Crippen LogP contribution in [0.25, 0.3) is 0 Å². The summed E-state index contributed by atoms with van der Waals surface area (Å²) in [6.07, 6.45) is 0.814. The third-order valence-corrected chi connectivity index (χ3v) is 3.74. The van der Waals surface area contributed by atoms with Gasteiger partial charge in [-0.2, -0.15) is 0 Å². The minimum Gasteiger partial charge on any atom is -0.322 e. The smallest absolute Gasteiger partial charge is 0.255 e. The molecule has 0 saturated heterocycles. The van der Waals surface area contributed by atoms with Crippen LogP contribution in [0.1, 0.15) is 21.5 Å². The summed E-state index contributed by atoms with van der Waals surface area (Å²) in [5.74, 6) is -0.110. The van der Waals surface area contributed by atoms with E-state index in [9.17, 15) is 4.79 Å². The molecular weight excluding hydrogens is 284 g/mol. The molecule has 0 fully saturated rings. The summed E-state index contributed by atoms with van der Waals surface area (Å²) in [6.45, 7) is 2.77. The molecule has 0 aromatic heterocycles. The summed E-state index contributed by atoms with van der Waals surface area (Å²) in [7, 11) is 1.90. The van der Waals surface area contributed by atoms with Crippen molar-refractivity contribution in [3.63, 3.8) is 0 Å². The van der Waals surface area contributed by atoms with Gasteiger partial charge in [0.1, 0.15) is 0 Å². The maximum atomic E-state index is 12.4. The monoisotopic (exact) mass is 302 g/mol. The molecule has 0 aliphatic rings. The highest BCUT2D eigenvalue weighted by Gasteiger charge is 2.11. The maximum Gasteiger partial charge on any atom is 0.255 e. The zero-order chi connectivity index (χ0) is 15.2. The number of halogens is 1. The predicted octanol–water partition coefficient (Wildman–Crippen LogP) is 3.66. The van der Waals surface area contributed by atoms with Gasteiger partial charge in [-0.05, 0) is 56.3 Å². The first-order valence-corrected chi connectivity index (χ1v) is 7.29. The van der Waals surface area contributed by atoms with Crippen LogP contribution < -0.4 is 10.6 Å². The van der Waals surface area contributed by atoms with Gasteiger partial charge >= 0.3 is 0 Å². The Morgan fingerprint density at radius 2 is 1.95 bits per heavy atom. The number of hydrogen-bond acceptors (Lipinski definition) is 2. The van der Waals surface area contributed by atoms with Crippen LogP contribution in [0.15, 0.2) is 42.5 Å². The Labute approximate surface area is 130 Å². The van der Waals surface area contributed by atoms with E-state index in [0.717, 1.165) is 24.1 Å². The molecule has 1 amide bonds. The van der Waals surface area contributed by atoms with E-state index in [-0.39, 0.29) is 5.91 Å². The second kappa shape index (κ2) is 7.25. The largest absolute Gasteiger partial charge is 0.322 e. The standard InChI is InChI=1S/C17H19ClN2O/c1-12-7-8-14(11-16(12)18)20-17(21)15-6-4-3-5-13(15)9-10-19-2/h3-8,11,19H,9-10H2,1-2H3,(H,20,21). The Morgan fingerprint density at radius 3 is 2.67 bits per heavy atom. The number of nitrogens with one attached hydrogen (secondary N) is 2. The highest BCUT2D eigenvalue weighted by atomic mass is 35.5. The Bertz CT molecular complexity index is 640. The number of amides is 1. The normalized spacial score (nSPS) is 10.4. The Balaban J connectivity index is 2.18. The van der Waals surface area contributed by atoms with E-state index >= 15 is 0 Å². The van der Waals surface area contributed by atoms with Gasteiger partial charge in [0.15, 0.2) is 0 Å². The van der Waals surface area contributed by atoms with Crippen molar-refractivity contribution in [1.29, 1.82) is 0 Å². The number of benzene rings is 2. The molecule has 0 aliphatic heterocycles. The van der Waals surface area contributed by atoms with Crippen molar-refractivity contribution in [2.75, 3.05) is 18.9 Å². The van der Waals surface area contributed by atoms with Crippen molar-refractivity contribution >= 4 is 23.2 Å². The fourth-order valence-corrected chi connectivity index (χ4v) is 2.27. The number of carbonyl (C=O) groups is 1. The topological polar surface area (TPSA) is 41.1 Å². The molecule has 0 unspecified atom stereocenters. The van der Waals surface area contributed by atoms with Crippen molar-refractivity contribution in [2.45, 2.75) is 13.3 Å². The third kappa shape index (κ3) is 4.06. The first kappa shape index (κ1) is 15.5. The lowest BCUT2D eigenvalue weighted by Crippen LogP contribution is -2.17. The van der Waals surface area contributed by atoms with Crippen molar-refractivity contribution in [3.05, 3.63) is 64.2 Å². The SMILES string of the molecule is CNCCc1ccccc1C(=O)Nc1ccc(C)c(Cl)c1. The zero-order valence-electron chi connectivity index (χ0n) is 12.2. The Morgan fingerprint density at radius 1 is 1.19 bits per heavy atom. The van der Waals surface area contributed by atoms with Gasteiger partial charge in [-0.25, -0.2) is 0 Å². The molecular formula is C17H19ClN2O. The molecule has 0 atom stereocenters. The van der Waals surface area contributed by atoms with Gasteiger partial charge in [-0.15, -0.1) is 0 Å². The number of anilines is 1. The zero-order valence-corrected chi connectivity index (χ0v) is 13.0. The van der Waals surface area contributed by atoms with E-state index in [1.165, 1.54) is 0 Å². The summed E-state index contributed by atoms with van der Waals surface area (Å²) < 4.78 is 0. The van der Waals surface area contributed by atoms with E-state index in [4.69, 9.17) is 11.6 Å². The van der Waals surface area contributed by atoms with Crippen LogP contribution in [0, 0.1) is 6.92 Å². The molecule has 0 saturated carbocycles. The van der Waals surface area contributed by atoms with Gasteiger partial charge in [0.2, 0.25) is 0 Å². The Hall–Kier alpha value is -1.84. The minimum atomic E-state index is -0.110. The van der Waals surface area contributed by atoms with E-state index in [0.29, 0.717) is 16.3 Å². The van der Waals surface area contributed by atoms with Crippen LogP contribution in [0.3, 0.4) is 0 Å². The molecule has 0 bridgehead atoms. The lowest BCUT2D eigenvalue weighted by molar-refractivity contribution is 0.102. The molecule has 2 rings (SSSR count). The number of rotatable bonds is 5. The lowest BCUT2D eigenvalue weighted by Gasteiger charge is -2.11. The third-order valence-electron chi connectivity index (χ3n) is 3.34. The summed E-state index contributed by atoms with van der Waals surface area (Å²) in [5, 5.41) is 6.65. The summed E-state index contributed by atoms with van der Waals surface area (Å²) >= 11 is 6.08. The number of carbonyl (C=O) groups excluding carboxylic acids is 1. The van der Waals surface area contributed by atoms with Gasteiger partial charge in [0.05, 0.1) is 0 Å². The maximum absolute atomic E-state index is 12.4. The van der Waals surface area contributed by atoms with Crippen LogP contribution in [0.5, 0.6) is 0 Å². The molecule has 21 heavy (non-hydrogen) atoms. The van der Waals surface area contributed by atoms with Gasteiger partial charge in [0.25, 0.3) is 5.91 Å². The van der Waals surface area contributed by atoms with Crippen LogP contribution in [0.2, 0.25) is 5.02 Å². The second-order valence-corrected chi connectivity index (χ2v) is 5.34. The van der Waals surface area contributed by atoms with Crippen molar-refractivity contribution < 1.29 is 4.79 Å². The van der Waals surface area contributed by atoms with Gasteiger partial charge in [0, 0.05) is 16.3 Å². The van der Waals surface area contributed by atoms with E-state index in [1.807, 2.05) is 50.4 Å². The number of aryl methyl sites for hydroxylation is 1. The van der Waals surface area contributed by atoms with E-state index < -0.39 is 0 Å². The van der Waals surface area contributed by atoms with E-state index in [1.54, 1.807) is 6.07 Å². The molecule has 2 N–H and O–H groups in total. The van der Waals surface area contributed by atoms with Gasteiger partial charge in [-0.1, -0.05) is 35.9 Å². The molecule has 4 heteroatoms.